The Kier molecular flexibility index (Phi) is 8.17. The van der Waals surface area contributed by atoms with Crippen LogP contribution in [0, 0.1) is 0 Å². The fraction of sp³-hybridized carbons (Fsp3) is 0.733. The Bertz CT molecular complexity index is 521. The lowest BCUT2D eigenvalue weighted by Crippen LogP contribution is -2.62. The van der Waals surface area contributed by atoms with Crippen LogP contribution in [-0.2, 0) is 42.9 Å². The first kappa shape index (κ1) is 21.2. The molecule has 0 aromatic heterocycles. The van der Waals surface area contributed by atoms with E-state index >= 15 is 0 Å². The van der Waals surface area contributed by atoms with Crippen molar-refractivity contribution < 1.29 is 42.9 Å². The lowest BCUT2D eigenvalue weighted by Gasteiger charge is -2.43. The van der Waals surface area contributed by atoms with Gasteiger partial charge in [0.25, 0.3) is 0 Å². The maximum Gasteiger partial charge on any atom is 0.305 e. The molecule has 0 amide bonds. The molecule has 1 aliphatic rings. The number of thiol groups is 1. The third-order valence-electron chi connectivity index (χ3n) is 3.19. The summed E-state index contributed by atoms with van der Waals surface area (Å²) in [4.78, 5) is 45.7. The van der Waals surface area contributed by atoms with Gasteiger partial charge in [0.1, 0.15) is 6.10 Å². The van der Waals surface area contributed by atoms with Crippen molar-refractivity contribution in [2.45, 2.75) is 64.8 Å². The summed E-state index contributed by atoms with van der Waals surface area (Å²) in [7, 11) is 0. The van der Waals surface area contributed by atoms with Gasteiger partial charge in [-0.1, -0.05) is 0 Å². The third-order valence-corrected chi connectivity index (χ3v) is 3.45. The Morgan fingerprint density at radius 3 is 1.64 bits per heavy atom. The molecule has 1 heterocycles. The van der Waals surface area contributed by atoms with Gasteiger partial charge < -0.3 is 23.7 Å². The number of esters is 4. The molecule has 0 bridgehead atoms. The van der Waals surface area contributed by atoms with E-state index in [2.05, 4.69) is 12.6 Å². The van der Waals surface area contributed by atoms with Gasteiger partial charge in [-0.05, 0) is 12.2 Å². The first-order valence-electron chi connectivity index (χ1n) is 7.61. The molecular formula is C15H22O9S. The summed E-state index contributed by atoms with van der Waals surface area (Å²) < 4.78 is 26.3. The second-order valence-electron chi connectivity index (χ2n) is 5.39. The fourth-order valence-electron chi connectivity index (χ4n) is 2.47. The van der Waals surface area contributed by atoms with Crippen LogP contribution in [0.25, 0.3) is 0 Å². The van der Waals surface area contributed by atoms with Gasteiger partial charge in [-0.15, -0.1) is 0 Å². The van der Waals surface area contributed by atoms with Gasteiger partial charge in [-0.2, -0.15) is 12.6 Å². The summed E-state index contributed by atoms with van der Waals surface area (Å²) in [6.45, 7) is 4.62. The molecule has 142 valence electrons. The summed E-state index contributed by atoms with van der Waals surface area (Å²) in [5.74, 6) is -2.36. The topological polar surface area (TPSA) is 114 Å². The molecule has 0 aromatic rings. The van der Waals surface area contributed by atoms with Gasteiger partial charge in [0, 0.05) is 27.7 Å². The Hall–Kier alpha value is -1.81. The van der Waals surface area contributed by atoms with Crippen molar-refractivity contribution in [3.8, 4) is 0 Å². The van der Waals surface area contributed by atoms with Crippen molar-refractivity contribution in [3.05, 3.63) is 0 Å². The summed E-state index contributed by atoms with van der Waals surface area (Å²) >= 11 is 4.12. The summed E-state index contributed by atoms with van der Waals surface area (Å²) in [6, 6.07) is 0. The van der Waals surface area contributed by atoms with Gasteiger partial charge in [0.2, 0.25) is 12.4 Å². The van der Waals surface area contributed by atoms with E-state index < -0.39 is 54.6 Å². The number of ether oxygens (including phenoxy) is 5. The normalized spacial score (nSPS) is 28.6. The minimum Gasteiger partial charge on any atom is -0.456 e. The van der Waals surface area contributed by atoms with E-state index in [1.54, 1.807) is 0 Å². The Morgan fingerprint density at radius 2 is 1.20 bits per heavy atom. The fourth-order valence-corrected chi connectivity index (χ4v) is 2.73. The molecule has 0 saturated carbocycles. The second-order valence-corrected chi connectivity index (χ2v) is 5.83. The molecule has 9 nitrogen and oxygen atoms in total. The zero-order valence-electron chi connectivity index (χ0n) is 14.4. The molecule has 5 atom stereocenters. The molecule has 0 N–H and O–H groups in total. The average Bonchev–Trinajstić information content (AvgIpc) is 2.45. The predicted octanol–water partition coefficient (Wildman–Crippen LogP) is 0.389. The van der Waals surface area contributed by atoms with Crippen molar-refractivity contribution in [3.63, 3.8) is 0 Å². The highest BCUT2D eigenvalue weighted by molar-refractivity contribution is 7.80. The van der Waals surface area contributed by atoms with Crippen LogP contribution in [0.3, 0.4) is 0 Å². The largest absolute Gasteiger partial charge is 0.456 e. The van der Waals surface area contributed by atoms with Crippen molar-refractivity contribution in [1.82, 2.24) is 0 Å². The zero-order chi connectivity index (χ0) is 19.1. The predicted molar refractivity (Wildman–Crippen MR) is 85.6 cm³/mol. The van der Waals surface area contributed by atoms with Crippen molar-refractivity contribution >= 4 is 36.5 Å². The van der Waals surface area contributed by atoms with E-state index in [4.69, 9.17) is 23.7 Å². The highest BCUT2D eigenvalue weighted by Gasteiger charge is 2.52. The van der Waals surface area contributed by atoms with E-state index in [0.29, 0.717) is 12.2 Å². The van der Waals surface area contributed by atoms with Crippen LogP contribution in [0.5, 0.6) is 0 Å². The molecule has 0 radical (unpaired) electrons. The lowest BCUT2D eigenvalue weighted by molar-refractivity contribution is -0.295. The molecule has 1 saturated heterocycles. The van der Waals surface area contributed by atoms with Gasteiger partial charge in [-0.3, -0.25) is 19.2 Å². The summed E-state index contributed by atoms with van der Waals surface area (Å²) in [5.41, 5.74) is 0. The summed E-state index contributed by atoms with van der Waals surface area (Å²) in [5, 5.41) is 0. The first-order valence-corrected chi connectivity index (χ1v) is 8.24. The minimum atomic E-state index is -1.32. The molecule has 1 rings (SSSR count). The van der Waals surface area contributed by atoms with E-state index in [1.165, 1.54) is 6.92 Å². The van der Waals surface area contributed by atoms with Gasteiger partial charge in [0.05, 0.1) is 0 Å². The SMILES string of the molecule is CC(=O)O[C@H]1O[C@H](CCS)[C@@H](OC(C)=O)[C@H](OC(C)=O)[C@@H]1OC(C)=O. The number of hydrogen-bond acceptors (Lipinski definition) is 10. The zero-order valence-corrected chi connectivity index (χ0v) is 15.3. The van der Waals surface area contributed by atoms with Gasteiger partial charge in [-0.25, -0.2) is 0 Å². The minimum absolute atomic E-state index is 0.309. The van der Waals surface area contributed by atoms with E-state index in [1.807, 2.05) is 0 Å². The van der Waals surface area contributed by atoms with Crippen molar-refractivity contribution in [2.24, 2.45) is 0 Å². The number of carbonyl (C=O) groups is 4. The molecule has 1 fully saturated rings. The molecule has 10 heteroatoms. The molecular weight excluding hydrogens is 356 g/mol. The number of carbonyl (C=O) groups excluding carboxylic acids is 4. The van der Waals surface area contributed by atoms with E-state index in [0.717, 1.165) is 20.8 Å². The Balaban J connectivity index is 3.25. The highest BCUT2D eigenvalue weighted by Crippen LogP contribution is 2.31. The third kappa shape index (κ3) is 6.54. The van der Waals surface area contributed by atoms with Crippen LogP contribution in [0.2, 0.25) is 0 Å². The van der Waals surface area contributed by atoms with Crippen LogP contribution in [0.4, 0.5) is 0 Å². The molecule has 0 aliphatic carbocycles. The van der Waals surface area contributed by atoms with Crippen molar-refractivity contribution in [2.75, 3.05) is 5.75 Å². The summed E-state index contributed by atoms with van der Waals surface area (Å²) in [6.07, 6.45) is -5.32. The van der Waals surface area contributed by atoms with Gasteiger partial charge >= 0.3 is 23.9 Å². The van der Waals surface area contributed by atoms with Crippen molar-refractivity contribution in [1.29, 1.82) is 0 Å². The maximum absolute atomic E-state index is 11.5. The van der Waals surface area contributed by atoms with Crippen LogP contribution in [-0.4, -0.2) is 60.3 Å². The number of hydrogen-bond donors (Lipinski definition) is 1. The smallest absolute Gasteiger partial charge is 0.305 e. The van der Waals surface area contributed by atoms with E-state index in [-0.39, 0.29) is 0 Å². The maximum atomic E-state index is 11.5. The Morgan fingerprint density at radius 1 is 0.760 bits per heavy atom. The molecule has 1 aliphatic heterocycles. The standard InChI is InChI=1S/C15H22O9S/c1-7(16)20-12-11(5-6-25)24-15(23-10(4)19)14(22-9(3)18)13(12)21-8(2)17/h11-15,25H,5-6H2,1-4H3/t11-,12-,13+,14+,15+/m1/s1. The van der Waals surface area contributed by atoms with Crippen LogP contribution < -0.4 is 0 Å². The molecule has 0 spiro atoms. The quantitative estimate of drug-likeness (QED) is 0.398. The molecule has 0 aromatic carbocycles. The molecule has 0 unspecified atom stereocenters. The molecule has 25 heavy (non-hydrogen) atoms. The first-order chi connectivity index (χ1) is 11.6. The lowest BCUT2D eigenvalue weighted by atomic mass is 9.96. The van der Waals surface area contributed by atoms with Crippen LogP contribution in [0.1, 0.15) is 34.1 Å². The highest BCUT2D eigenvalue weighted by atomic mass is 32.1. The monoisotopic (exact) mass is 378 g/mol. The Labute approximate surface area is 150 Å². The second kappa shape index (κ2) is 9.62. The van der Waals surface area contributed by atoms with Crippen LogP contribution >= 0.6 is 12.6 Å². The average molecular weight is 378 g/mol. The van der Waals surface area contributed by atoms with Crippen LogP contribution in [0.15, 0.2) is 0 Å². The number of rotatable bonds is 6. The van der Waals surface area contributed by atoms with E-state index in [9.17, 15) is 19.2 Å². The van der Waals surface area contributed by atoms with Gasteiger partial charge in [0.15, 0.2) is 12.2 Å².